The Morgan fingerprint density at radius 3 is 2.79 bits per heavy atom. The van der Waals surface area contributed by atoms with Gasteiger partial charge in [0.2, 0.25) is 5.91 Å². The largest absolute Gasteiger partial charge is 0.456 e. The van der Waals surface area contributed by atoms with E-state index in [0.29, 0.717) is 52.2 Å². The summed E-state index contributed by atoms with van der Waals surface area (Å²) in [5.74, 6) is 1.48. The SMILES string of the molecule is C=CC(=O)N1CCCC(n2nc(-c3ccc(Oc4ccccc4)c(Cl)c3)c3c(N)ncnc32)C1. The van der Waals surface area contributed by atoms with Crippen molar-refractivity contribution in [3.8, 4) is 22.8 Å². The van der Waals surface area contributed by atoms with E-state index in [0.717, 1.165) is 18.4 Å². The number of para-hydroxylation sites is 1. The number of hydrogen-bond acceptors (Lipinski definition) is 6. The lowest BCUT2D eigenvalue weighted by Gasteiger charge is -2.32. The normalized spacial score (nSPS) is 15.9. The third kappa shape index (κ3) is 4.08. The van der Waals surface area contributed by atoms with Gasteiger partial charge in [-0.1, -0.05) is 36.4 Å². The fourth-order valence-corrected chi connectivity index (χ4v) is 4.50. The minimum atomic E-state index is -0.0867. The van der Waals surface area contributed by atoms with Crippen LogP contribution in [-0.4, -0.2) is 43.6 Å². The molecule has 172 valence electrons. The first-order valence-electron chi connectivity index (χ1n) is 11.0. The molecule has 34 heavy (non-hydrogen) atoms. The van der Waals surface area contributed by atoms with Crippen molar-refractivity contribution in [2.45, 2.75) is 18.9 Å². The third-order valence-electron chi connectivity index (χ3n) is 5.92. The maximum atomic E-state index is 12.2. The van der Waals surface area contributed by atoms with Crippen LogP contribution < -0.4 is 10.5 Å². The van der Waals surface area contributed by atoms with Crippen LogP contribution in [0, 0.1) is 0 Å². The molecule has 0 saturated carbocycles. The van der Waals surface area contributed by atoms with Crippen molar-refractivity contribution in [2.24, 2.45) is 0 Å². The van der Waals surface area contributed by atoms with E-state index in [1.54, 1.807) is 17.0 Å². The first-order chi connectivity index (χ1) is 16.5. The molecule has 0 radical (unpaired) electrons. The lowest BCUT2D eigenvalue weighted by atomic mass is 10.1. The Morgan fingerprint density at radius 1 is 1.21 bits per heavy atom. The lowest BCUT2D eigenvalue weighted by molar-refractivity contribution is -0.127. The summed E-state index contributed by atoms with van der Waals surface area (Å²) < 4.78 is 7.76. The van der Waals surface area contributed by atoms with Crippen LogP contribution in [0.5, 0.6) is 11.5 Å². The first kappa shape index (κ1) is 21.9. The zero-order chi connectivity index (χ0) is 23.7. The second-order valence-corrected chi connectivity index (χ2v) is 8.50. The molecule has 0 aliphatic carbocycles. The lowest BCUT2D eigenvalue weighted by Crippen LogP contribution is -2.40. The molecule has 1 aliphatic rings. The molecule has 9 heteroatoms. The number of carbonyl (C=O) groups excluding carboxylic acids is 1. The number of benzene rings is 2. The van der Waals surface area contributed by atoms with Gasteiger partial charge in [0, 0.05) is 18.7 Å². The number of rotatable bonds is 5. The summed E-state index contributed by atoms with van der Waals surface area (Å²) in [5, 5.41) is 5.99. The van der Waals surface area contributed by atoms with Gasteiger partial charge in [-0.3, -0.25) is 4.79 Å². The van der Waals surface area contributed by atoms with E-state index in [-0.39, 0.29) is 11.9 Å². The maximum Gasteiger partial charge on any atom is 0.246 e. The maximum absolute atomic E-state index is 12.2. The van der Waals surface area contributed by atoms with Crippen molar-refractivity contribution < 1.29 is 9.53 Å². The number of likely N-dealkylation sites (tertiary alicyclic amines) is 1. The molecule has 2 N–H and O–H groups in total. The number of nitrogen functional groups attached to an aromatic ring is 1. The molecule has 1 atom stereocenters. The van der Waals surface area contributed by atoms with Crippen LogP contribution in [-0.2, 0) is 4.79 Å². The average molecular weight is 475 g/mol. The molecule has 1 saturated heterocycles. The van der Waals surface area contributed by atoms with Crippen molar-refractivity contribution in [3.63, 3.8) is 0 Å². The third-order valence-corrected chi connectivity index (χ3v) is 6.22. The molecule has 0 spiro atoms. The number of amides is 1. The second kappa shape index (κ2) is 9.15. The van der Waals surface area contributed by atoms with Crippen LogP contribution in [0.2, 0.25) is 5.02 Å². The molecule has 5 rings (SSSR count). The van der Waals surface area contributed by atoms with Crippen molar-refractivity contribution in [2.75, 3.05) is 18.8 Å². The number of aromatic nitrogens is 4. The first-order valence-corrected chi connectivity index (χ1v) is 11.4. The highest BCUT2D eigenvalue weighted by atomic mass is 35.5. The van der Waals surface area contributed by atoms with Gasteiger partial charge in [-0.2, -0.15) is 5.10 Å². The number of hydrogen-bond donors (Lipinski definition) is 1. The van der Waals surface area contributed by atoms with E-state index in [1.165, 1.54) is 12.4 Å². The smallest absolute Gasteiger partial charge is 0.246 e. The number of nitrogens with zero attached hydrogens (tertiary/aromatic N) is 5. The van der Waals surface area contributed by atoms with Gasteiger partial charge in [-0.15, -0.1) is 0 Å². The van der Waals surface area contributed by atoms with Gasteiger partial charge < -0.3 is 15.4 Å². The molecule has 0 bridgehead atoms. The van der Waals surface area contributed by atoms with Gasteiger partial charge in [-0.25, -0.2) is 14.6 Å². The van der Waals surface area contributed by atoms with Gasteiger partial charge in [0.05, 0.1) is 16.5 Å². The Labute approximate surface area is 201 Å². The number of ether oxygens (including phenoxy) is 1. The Kier molecular flexibility index (Phi) is 5.90. The summed E-state index contributed by atoms with van der Waals surface area (Å²) in [6.45, 7) is 4.83. The zero-order valence-electron chi connectivity index (χ0n) is 18.4. The Bertz CT molecular complexity index is 1370. The minimum absolute atomic E-state index is 0.0423. The van der Waals surface area contributed by atoms with E-state index in [1.807, 2.05) is 41.1 Å². The number of anilines is 1. The fourth-order valence-electron chi connectivity index (χ4n) is 4.28. The van der Waals surface area contributed by atoms with Gasteiger partial charge in [0.25, 0.3) is 0 Å². The molecule has 8 nitrogen and oxygen atoms in total. The van der Waals surface area contributed by atoms with Crippen molar-refractivity contribution in [1.29, 1.82) is 0 Å². The molecular weight excluding hydrogens is 452 g/mol. The van der Waals surface area contributed by atoms with Crippen LogP contribution in [0.4, 0.5) is 5.82 Å². The Hall–Kier alpha value is -3.91. The van der Waals surface area contributed by atoms with E-state index in [2.05, 4.69) is 16.5 Å². The number of carbonyl (C=O) groups is 1. The van der Waals surface area contributed by atoms with Crippen LogP contribution in [0.15, 0.2) is 67.5 Å². The predicted molar refractivity (Wildman–Crippen MR) is 132 cm³/mol. The van der Waals surface area contributed by atoms with Crippen molar-refractivity contribution in [1.82, 2.24) is 24.6 Å². The molecule has 1 aliphatic heterocycles. The van der Waals surface area contributed by atoms with Crippen LogP contribution in [0.3, 0.4) is 0 Å². The van der Waals surface area contributed by atoms with Gasteiger partial charge in [0.1, 0.15) is 29.3 Å². The highest BCUT2D eigenvalue weighted by Gasteiger charge is 2.28. The van der Waals surface area contributed by atoms with E-state index in [9.17, 15) is 4.79 Å². The standard InChI is InChI=1S/C25H23ClN6O2/c1-2-21(33)31-12-6-7-17(14-31)32-25-22(24(27)28-15-29-25)23(30-32)16-10-11-20(19(26)13-16)34-18-8-4-3-5-9-18/h2-5,8-11,13,15,17H,1,6-7,12,14H2,(H2,27,28,29). The quantitative estimate of drug-likeness (QED) is 0.414. The summed E-state index contributed by atoms with van der Waals surface area (Å²) in [4.78, 5) is 22.6. The molecule has 3 heterocycles. The topological polar surface area (TPSA) is 99.2 Å². The van der Waals surface area contributed by atoms with Crippen molar-refractivity contribution >= 4 is 34.4 Å². The van der Waals surface area contributed by atoms with Gasteiger partial charge >= 0.3 is 0 Å². The monoisotopic (exact) mass is 474 g/mol. The van der Waals surface area contributed by atoms with Crippen LogP contribution in [0.1, 0.15) is 18.9 Å². The number of halogens is 1. The van der Waals surface area contributed by atoms with E-state index >= 15 is 0 Å². The second-order valence-electron chi connectivity index (χ2n) is 8.10. The summed E-state index contributed by atoms with van der Waals surface area (Å²) in [5.41, 5.74) is 8.29. The number of nitrogens with two attached hydrogens (primary N) is 1. The summed E-state index contributed by atoms with van der Waals surface area (Å²) >= 11 is 6.57. The summed E-state index contributed by atoms with van der Waals surface area (Å²) in [6.07, 6.45) is 4.50. The molecule has 1 amide bonds. The average Bonchev–Trinajstić information content (AvgIpc) is 3.26. The highest BCUT2D eigenvalue weighted by Crippen LogP contribution is 2.37. The Balaban J connectivity index is 1.54. The van der Waals surface area contributed by atoms with E-state index < -0.39 is 0 Å². The molecule has 2 aromatic heterocycles. The van der Waals surface area contributed by atoms with E-state index in [4.69, 9.17) is 27.2 Å². The predicted octanol–water partition coefficient (Wildman–Crippen LogP) is 4.87. The molecule has 4 aromatic rings. The highest BCUT2D eigenvalue weighted by molar-refractivity contribution is 6.32. The minimum Gasteiger partial charge on any atom is -0.456 e. The molecule has 1 unspecified atom stereocenters. The van der Waals surface area contributed by atoms with Crippen molar-refractivity contribution in [3.05, 3.63) is 72.5 Å². The zero-order valence-corrected chi connectivity index (χ0v) is 19.2. The fraction of sp³-hybridized carbons (Fsp3) is 0.200. The molecular formula is C25H23ClN6O2. The molecule has 2 aromatic carbocycles. The Morgan fingerprint density at radius 2 is 2.03 bits per heavy atom. The number of fused-ring (bicyclic) bond motifs is 1. The number of piperidine rings is 1. The van der Waals surface area contributed by atoms with Crippen LogP contribution >= 0.6 is 11.6 Å². The summed E-state index contributed by atoms with van der Waals surface area (Å²) in [7, 11) is 0. The molecule has 1 fully saturated rings. The van der Waals surface area contributed by atoms with Gasteiger partial charge in [-0.05, 0) is 49.2 Å². The van der Waals surface area contributed by atoms with Crippen LogP contribution in [0.25, 0.3) is 22.3 Å². The van der Waals surface area contributed by atoms with Gasteiger partial charge in [0.15, 0.2) is 5.65 Å². The summed E-state index contributed by atoms with van der Waals surface area (Å²) in [6, 6.07) is 14.9.